The molecule has 0 saturated heterocycles. The van der Waals surface area contributed by atoms with Crippen LogP contribution >= 0.6 is 15.9 Å². The molecule has 0 spiro atoms. The van der Waals surface area contributed by atoms with Crippen molar-refractivity contribution in [2.75, 3.05) is 0 Å². The van der Waals surface area contributed by atoms with Crippen LogP contribution in [-0.4, -0.2) is 20.2 Å². The number of nitrogens with zero attached hydrogens (tertiary/aromatic N) is 2. The van der Waals surface area contributed by atoms with Crippen molar-refractivity contribution < 1.29 is 4.21 Å². The average Bonchev–Trinajstić information content (AvgIpc) is 2.18. The van der Waals surface area contributed by atoms with Crippen LogP contribution < -0.4 is 0 Å². The molecule has 1 aromatic rings. The maximum atomic E-state index is 11.7. The highest BCUT2D eigenvalue weighted by Crippen LogP contribution is 2.14. The first-order valence-corrected chi connectivity index (χ1v) is 6.79. The lowest BCUT2D eigenvalue weighted by atomic mass is 10.2. The van der Waals surface area contributed by atoms with Crippen molar-refractivity contribution in [1.82, 2.24) is 4.98 Å². The highest BCUT2D eigenvalue weighted by molar-refractivity contribution is 9.10. The van der Waals surface area contributed by atoms with Gasteiger partial charge in [0.2, 0.25) is 0 Å². The van der Waals surface area contributed by atoms with Crippen molar-refractivity contribution in [2.45, 2.75) is 32.4 Å². The number of pyridine rings is 1. The fourth-order valence-electron chi connectivity index (χ4n) is 0.917. The number of hydrogen-bond donors (Lipinski definition) is 0. The van der Waals surface area contributed by atoms with Gasteiger partial charge in [-0.15, -0.1) is 0 Å². The van der Waals surface area contributed by atoms with Crippen molar-refractivity contribution in [1.29, 1.82) is 0 Å². The van der Waals surface area contributed by atoms with Gasteiger partial charge in [0.25, 0.3) is 0 Å². The zero-order valence-corrected chi connectivity index (χ0v) is 12.2. The quantitative estimate of drug-likeness (QED) is 0.622. The first-order valence-electron chi connectivity index (χ1n) is 4.89. The summed E-state index contributed by atoms with van der Waals surface area (Å²) in [6.07, 6.45) is 3.30. The van der Waals surface area contributed by atoms with Gasteiger partial charge < -0.3 is 0 Å². The predicted molar refractivity (Wildman–Crippen MR) is 72.2 cm³/mol. The Morgan fingerprint density at radius 2 is 2.12 bits per heavy atom. The molecule has 0 radical (unpaired) electrons. The summed E-state index contributed by atoms with van der Waals surface area (Å²) in [6.45, 7) is 7.64. The number of aromatic nitrogens is 1. The average molecular weight is 303 g/mol. The third kappa shape index (κ3) is 3.79. The molecule has 1 heterocycles. The van der Waals surface area contributed by atoms with E-state index in [1.807, 2.05) is 33.8 Å². The summed E-state index contributed by atoms with van der Waals surface area (Å²) in [6, 6.07) is 1.94. The molecular formula is C11H15BrN2OS. The molecule has 0 amide bonds. The van der Waals surface area contributed by atoms with Gasteiger partial charge in [0.05, 0.1) is 4.75 Å². The van der Waals surface area contributed by atoms with Crippen LogP contribution in [0.1, 0.15) is 31.9 Å². The molecule has 1 unspecified atom stereocenters. The van der Waals surface area contributed by atoms with E-state index in [4.69, 9.17) is 0 Å². The van der Waals surface area contributed by atoms with Crippen LogP contribution in [0.15, 0.2) is 21.3 Å². The van der Waals surface area contributed by atoms with Crippen molar-refractivity contribution in [3.05, 3.63) is 28.0 Å². The van der Waals surface area contributed by atoms with Crippen LogP contribution in [0.2, 0.25) is 0 Å². The molecule has 5 heteroatoms. The summed E-state index contributed by atoms with van der Waals surface area (Å²) in [5, 5.41) is 0. The SMILES string of the molecule is Cc1cc(C=NS(=O)C(C)(C)C)cnc1Br. The minimum absolute atomic E-state index is 0.325. The molecule has 0 aliphatic carbocycles. The summed E-state index contributed by atoms with van der Waals surface area (Å²) < 4.78 is 16.2. The molecule has 0 saturated carbocycles. The monoisotopic (exact) mass is 302 g/mol. The van der Waals surface area contributed by atoms with Crippen molar-refractivity contribution >= 4 is 33.1 Å². The van der Waals surface area contributed by atoms with E-state index in [0.717, 1.165) is 15.7 Å². The Kier molecular flexibility index (Phi) is 4.38. The molecule has 0 fully saturated rings. The Labute approximate surface area is 107 Å². The van der Waals surface area contributed by atoms with Crippen LogP contribution in [0, 0.1) is 6.92 Å². The molecule has 0 aliphatic heterocycles. The van der Waals surface area contributed by atoms with E-state index in [9.17, 15) is 4.21 Å². The summed E-state index contributed by atoms with van der Waals surface area (Å²) in [7, 11) is -1.22. The fourth-order valence-corrected chi connectivity index (χ4v) is 1.67. The molecule has 0 bridgehead atoms. The van der Waals surface area contributed by atoms with Crippen LogP contribution in [0.4, 0.5) is 0 Å². The Morgan fingerprint density at radius 3 is 2.62 bits per heavy atom. The molecule has 0 aliphatic rings. The third-order valence-corrected chi connectivity index (χ3v) is 4.03. The maximum Gasteiger partial charge on any atom is 0.144 e. The number of rotatable bonds is 2. The minimum Gasteiger partial charge on any atom is -0.248 e. The lowest BCUT2D eigenvalue weighted by Gasteiger charge is -2.12. The molecule has 0 aromatic carbocycles. The van der Waals surface area contributed by atoms with Crippen molar-refractivity contribution in [3.63, 3.8) is 0 Å². The van der Waals surface area contributed by atoms with Gasteiger partial charge >= 0.3 is 0 Å². The molecule has 88 valence electrons. The third-order valence-electron chi connectivity index (χ3n) is 1.86. The lowest BCUT2D eigenvalue weighted by molar-refractivity contribution is 0.651. The lowest BCUT2D eigenvalue weighted by Crippen LogP contribution is -2.19. The summed E-state index contributed by atoms with van der Waals surface area (Å²) in [5.41, 5.74) is 1.89. The maximum absolute atomic E-state index is 11.7. The van der Waals surface area contributed by atoms with E-state index in [1.165, 1.54) is 0 Å². The smallest absolute Gasteiger partial charge is 0.144 e. The zero-order valence-electron chi connectivity index (χ0n) is 9.82. The van der Waals surface area contributed by atoms with Crippen LogP contribution in [0.25, 0.3) is 0 Å². The Morgan fingerprint density at radius 1 is 1.50 bits per heavy atom. The molecule has 1 rings (SSSR count). The van der Waals surface area contributed by atoms with E-state index in [0.29, 0.717) is 0 Å². The highest BCUT2D eigenvalue weighted by Gasteiger charge is 2.18. The number of hydrogen-bond acceptors (Lipinski definition) is 2. The van der Waals surface area contributed by atoms with Crippen molar-refractivity contribution in [2.24, 2.45) is 4.40 Å². The summed E-state index contributed by atoms with van der Waals surface area (Å²) in [4.78, 5) is 4.15. The first kappa shape index (κ1) is 13.5. The molecule has 0 N–H and O–H groups in total. The Bertz CT molecular complexity index is 438. The van der Waals surface area contributed by atoms with Gasteiger partial charge in [-0.05, 0) is 55.3 Å². The second-order valence-corrected chi connectivity index (χ2v) is 7.16. The molecule has 3 nitrogen and oxygen atoms in total. The highest BCUT2D eigenvalue weighted by atomic mass is 79.9. The minimum atomic E-state index is -1.22. The molecule has 1 aromatic heterocycles. The zero-order chi connectivity index (χ0) is 12.3. The van der Waals surface area contributed by atoms with Gasteiger partial charge in [0.1, 0.15) is 15.6 Å². The van der Waals surface area contributed by atoms with Gasteiger partial charge in [-0.2, -0.15) is 4.40 Å². The molecular weight excluding hydrogens is 288 g/mol. The van der Waals surface area contributed by atoms with Crippen LogP contribution in [0.3, 0.4) is 0 Å². The van der Waals surface area contributed by atoms with Crippen molar-refractivity contribution in [3.8, 4) is 0 Å². The van der Waals surface area contributed by atoms with E-state index >= 15 is 0 Å². The van der Waals surface area contributed by atoms with Crippen LogP contribution in [-0.2, 0) is 11.0 Å². The van der Waals surface area contributed by atoms with Gasteiger partial charge in [-0.1, -0.05) is 0 Å². The van der Waals surface area contributed by atoms with Gasteiger partial charge in [-0.3, -0.25) is 0 Å². The standard InChI is InChI=1S/C11H15BrN2OS/c1-8-5-9(6-13-10(8)12)7-14-16(15)11(2,3)4/h5-7H,1-4H3. The summed E-state index contributed by atoms with van der Waals surface area (Å²) in [5.74, 6) is 0. The second-order valence-electron chi connectivity index (χ2n) is 4.47. The number of halogens is 1. The normalized spacial score (nSPS) is 14.3. The number of aryl methyl sites for hydroxylation is 1. The molecule has 16 heavy (non-hydrogen) atoms. The van der Waals surface area contributed by atoms with E-state index in [1.54, 1.807) is 12.4 Å². The molecule has 1 atom stereocenters. The topological polar surface area (TPSA) is 42.3 Å². The Hall–Kier alpha value is -0.550. The fraction of sp³-hybridized carbons (Fsp3) is 0.455. The largest absolute Gasteiger partial charge is 0.248 e. The van der Waals surface area contributed by atoms with E-state index in [-0.39, 0.29) is 4.75 Å². The second kappa shape index (κ2) is 5.19. The van der Waals surface area contributed by atoms with Gasteiger partial charge in [0.15, 0.2) is 0 Å². The van der Waals surface area contributed by atoms with Crippen LogP contribution in [0.5, 0.6) is 0 Å². The first-order chi connectivity index (χ1) is 7.30. The van der Waals surface area contributed by atoms with Gasteiger partial charge in [-0.25, -0.2) is 9.19 Å². The van der Waals surface area contributed by atoms with E-state index in [2.05, 4.69) is 25.3 Å². The summed E-state index contributed by atoms with van der Waals surface area (Å²) >= 11 is 3.33. The van der Waals surface area contributed by atoms with E-state index < -0.39 is 11.0 Å². The Balaban J connectivity index is 2.85. The van der Waals surface area contributed by atoms with Gasteiger partial charge in [0, 0.05) is 18.0 Å². The predicted octanol–water partition coefficient (Wildman–Crippen LogP) is 3.03.